The van der Waals surface area contributed by atoms with Gasteiger partial charge in [0.1, 0.15) is 5.82 Å². The summed E-state index contributed by atoms with van der Waals surface area (Å²) in [6.45, 7) is 6.44. The minimum atomic E-state index is -0.390. The number of carbonyl (C=O) groups is 1. The summed E-state index contributed by atoms with van der Waals surface area (Å²) < 4.78 is 13.8. The molecule has 1 rings (SSSR count). The van der Waals surface area contributed by atoms with Crippen LogP contribution in [0.2, 0.25) is 0 Å². The van der Waals surface area contributed by atoms with Crippen LogP contribution >= 0.6 is 15.9 Å². The van der Waals surface area contributed by atoms with Crippen LogP contribution in [0.5, 0.6) is 0 Å². The summed E-state index contributed by atoms with van der Waals surface area (Å²) in [5.41, 5.74) is 6.10. The first-order valence-corrected chi connectivity index (χ1v) is 6.98. The molecular weight excluding hydrogens is 311 g/mol. The van der Waals surface area contributed by atoms with Crippen LogP contribution in [0.25, 0.3) is 0 Å². The van der Waals surface area contributed by atoms with Gasteiger partial charge in [-0.2, -0.15) is 0 Å². The first kappa shape index (κ1) is 16.1. The lowest BCUT2D eigenvalue weighted by atomic mass is 9.84. The van der Waals surface area contributed by atoms with Crippen molar-refractivity contribution in [2.24, 2.45) is 17.1 Å². The Bertz CT molecular complexity index is 457. The van der Waals surface area contributed by atoms with Crippen LogP contribution in [0.3, 0.4) is 0 Å². The van der Waals surface area contributed by atoms with Gasteiger partial charge in [-0.25, -0.2) is 4.39 Å². The summed E-state index contributed by atoms with van der Waals surface area (Å²) in [5, 5.41) is 2.72. The highest BCUT2D eigenvalue weighted by Crippen LogP contribution is 2.27. The van der Waals surface area contributed by atoms with Gasteiger partial charge in [0.25, 0.3) is 0 Å². The average molecular weight is 331 g/mol. The van der Waals surface area contributed by atoms with Crippen molar-refractivity contribution >= 4 is 27.5 Å². The van der Waals surface area contributed by atoms with E-state index in [1.54, 1.807) is 6.07 Å². The van der Waals surface area contributed by atoms with E-state index in [1.165, 1.54) is 12.1 Å². The van der Waals surface area contributed by atoms with Crippen LogP contribution < -0.4 is 11.1 Å². The van der Waals surface area contributed by atoms with E-state index >= 15 is 0 Å². The zero-order chi connectivity index (χ0) is 14.6. The summed E-state index contributed by atoms with van der Waals surface area (Å²) in [6, 6.07) is 4.17. The summed E-state index contributed by atoms with van der Waals surface area (Å²) in [4.78, 5) is 12.2. The molecule has 0 saturated heterocycles. The number of amides is 1. The number of halogens is 2. The van der Waals surface area contributed by atoms with Crippen molar-refractivity contribution in [3.05, 3.63) is 28.5 Å². The van der Waals surface area contributed by atoms with Crippen LogP contribution in [0.4, 0.5) is 10.1 Å². The van der Waals surface area contributed by atoms with E-state index in [4.69, 9.17) is 5.73 Å². The molecule has 0 bridgehead atoms. The van der Waals surface area contributed by atoms with Gasteiger partial charge in [0.05, 0.1) is 11.6 Å². The number of carbonyl (C=O) groups excluding carboxylic acids is 1. The zero-order valence-electron chi connectivity index (χ0n) is 11.5. The minimum absolute atomic E-state index is 0.0144. The molecule has 3 N–H and O–H groups in total. The fraction of sp³-hybridized carbons (Fsp3) is 0.500. The smallest absolute Gasteiger partial charge is 0.228 e. The molecule has 0 fully saturated rings. The highest BCUT2D eigenvalue weighted by atomic mass is 79.9. The van der Waals surface area contributed by atoms with Crippen molar-refractivity contribution in [2.75, 3.05) is 11.9 Å². The molecule has 0 radical (unpaired) electrons. The van der Waals surface area contributed by atoms with Crippen molar-refractivity contribution in [3.63, 3.8) is 0 Å². The Hall–Kier alpha value is -0.940. The summed E-state index contributed by atoms with van der Waals surface area (Å²) >= 11 is 3.28. The second kappa shape index (κ2) is 6.48. The average Bonchev–Trinajstić information content (AvgIpc) is 2.29. The summed E-state index contributed by atoms with van der Waals surface area (Å²) in [6.07, 6.45) is 0.683. The maximum atomic E-state index is 13.2. The molecule has 1 aromatic rings. The molecule has 1 atom stereocenters. The van der Waals surface area contributed by atoms with Gasteiger partial charge in [0, 0.05) is 11.0 Å². The molecule has 0 saturated carbocycles. The van der Waals surface area contributed by atoms with Gasteiger partial charge in [-0.3, -0.25) is 4.79 Å². The highest BCUT2D eigenvalue weighted by molar-refractivity contribution is 9.10. The third-order valence-corrected chi connectivity index (χ3v) is 3.39. The zero-order valence-corrected chi connectivity index (χ0v) is 13.1. The molecular formula is C14H20BrFN2O. The number of hydrogen-bond donors (Lipinski definition) is 2. The maximum absolute atomic E-state index is 13.2. The van der Waals surface area contributed by atoms with Gasteiger partial charge in [-0.15, -0.1) is 0 Å². The van der Waals surface area contributed by atoms with Gasteiger partial charge in [0.2, 0.25) is 5.91 Å². The Morgan fingerprint density at radius 3 is 2.63 bits per heavy atom. The van der Waals surface area contributed by atoms with E-state index in [2.05, 4.69) is 42.0 Å². The molecule has 0 aliphatic rings. The Morgan fingerprint density at radius 1 is 1.47 bits per heavy atom. The molecule has 0 aliphatic heterocycles. The van der Waals surface area contributed by atoms with Crippen molar-refractivity contribution < 1.29 is 9.18 Å². The third kappa shape index (κ3) is 5.28. The van der Waals surface area contributed by atoms with Gasteiger partial charge >= 0.3 is 0 Å². The van der Waals surface area contributed by atoms with Crippen LogP contribution in [0.15, 0.2) is 22.7 Å². The number of hydrogen-bond acceptors (Lipinski definition) is 2. The molecule has 106 valence electrons. The molecule has 0 aliphatic carbocycles. The molecule has 3 nitrogen and oxygen atoms in total. The highest BCUT2D eigenvalue weighted by Gasteiger charge is 2.24. The maximum Gasteiger partial charge on any atom is 0.228 e. The van der Waals surface area contributed by atoms with Crippen LogP contribution in [-0.2, 0) is 4.79 Å². The van der Waals surface area contributed by atoms with Gasteiger partial charge in [-0.05, 0) is 46.0 Å². The third-order valence-electron chi connectivity index (χ3n) is 2.70. The number of nitrogens with two attached hydrogens (primary N) is 1. The van der Waals surface area contributed by atoms with Gasteiger partial charge in [-0.1, -0.05) is 20.8 Å². The topological polar surface area (TPSA) is 55.1 Å². The first-order valence-electron chi connectivity index (χ1n) is 6.19. The van der Waals surface area contributed by atoms with E-state index in [9.17, 15) is 9.18 Å². The largest absolute Gasteiger partial charge is 0.330 e. The Balaban J connectivity index is 2.80. The molecule has 1 amide bonds. The van der Waals surface area contributed by atoms with E-state index in [0.29, 0.717) is 16.6 Å². The predicted molar refractivity (Wildman–Crippen MR) is 79.3 cm³/mol. The molecule has 1 aromatic carbocycles. The quantitative estimate of drug-likeness (QED) is 0.887. The Morgan fingerprint density at radius 2 is 2.11 bits per heavy atom. The molecule has 0 heterocycles. The van der Waals surface area contributed by atoms with Crippen LogP contribution in [0, 0.1) is 17.2 Å². The molecule has 0 spiro atoms. The monoisotopic (exact) mass is 330 g/mol. The Labute approximate surface area is 121 Å². The van der Waals surface area contributed by atoms with Crippen LogP contribution in [0.1, 0.15) is 27.2 Å². The summed E-state index contributed by atoms with van der Waals surface area (Å²) in [7, 11) is 0. The number of nitrogens with one attached hydrogen (secondary N) is 1. The number of benzene rings is 1. The molecule has 19 heavy (non-hydrogen) atoms. The van der Waals surface area contributed by atoms with Gasteiger partial charge < -0.3 is 11.1 Å². The first-order chi connectivity index (χ1) is 8.73. The molecule has 0 aromatic heterocycles. The predicted octanol–water partition coefficient (Wildman–Crippen LogP) is 3.54. The number of anilines is 1. The fourth-order valence-electron chi connectivity index (χ4n) is 1.85. The second-order valence-electron chi connectivity index (χ2n) is 5.81. The fourth-order valence-corrected chi connectivity index (χ4v) is 2.20. The lowest BCUT2D eigenvalue weighted by Crippen LogP contribution is -2.32. The lowest BCUT2D eigenvalue weighted by molar-refractivity contribution is -0.120. The SMILES string of the molecule is CC(C)(C)CC(CN)C(=O)Nc1cc(F)ccc1Br. The van der Waals surface area contributed by atoms with Crippen molar-refractivity contribution in [2.45, 2.75) is 27.2 Å². The second-order valence-corrected chi connectivity index (χ2v) is 6.67. The van der Waals surface area contributed by atoms with Crippen molar-refractivity contribution in [1.29, 1.82) is 0 Å². The number of rotatable bonds is 4. The van der Waals surface area contributed by atoms with E-state index in [0.717, 1.165) is 0 Å². The van der Waals surface area contributed by atoms with Crippen molar-refractivity contribution in [1.82, 2.24) is 0 Å². The summed E-state index contributed by atoms with van der Waals surface area (Å²) in [5.74, 6) is -0.850. The molecule has 1 unspecified atom stereocenters. The van der Waals surface area contributed by atoms with Crippen molar-refractivity contribution in [3.8, 4) is 0 Å². The molecule has 5 heteroatoms. The Kier molecular flexibility index (Phi) is 5.50. The van der Waals surface area contributed by atoms with E-state index < -0.39 is 5.82 Å². The normalized spacial score (nSPS) is 13.2. The van der Waals surface area contributed by atoms with Crippen LogP contribution in [-0.4, -0.2) is 12.5 Å². The standard InChI is InChI=1S/C14H20BrFN2O/c1-14(2,3)7-9(8-17)13(19)18-12-6-10(16)4-5-11(12)15/h4-6,9H,7-8,17H2,1-3H3,(H,18,19). The minimum Gasteiger partial charge on any atom is -0.330 e. The lowest BCUT2D eigenvalue weighted by Gasteiger charge is -2.24. The van der Waals surface area contributed by atoms with E-state index in [1.807, 2.05) is 0 Å². The van der Waals surface area contributed by atoms with E-state index in [-0.39, 0.29) is 23.8 Å². The van der Waals surface area contributed by atoms with Gasteiger partial charge in [0.15, 0.2) is 0 Å².